The first-order valence-corrected chi connectivity index (χ1v) is 7.54. The Balaban J connectivity index is 1.66. The van der Waals surface area contributed by atoms with E-state index < -0.39 is 7.12 Å². The van der Waals surface area contributed by atoms with Crippen LogP contribution in [0.15, 0.2) is 42.5 Å². The predicted octanol–water partition coefficient (Wildman–Crippen LogP) is 2.19. The lowest BCUT2D eigenvalue weighted by molar-refractivity contribution is 0.275. The van der Waals surface area contributed by atoms with Crippen LogP contribution >= 0.6 is 0 Å². The number of nitrogens with one attached hydrogen (secondary N) is 1. The maximum atomic E-state index is 9.61. The van der Waals surface area contributed by atoms with Crippen LogP contribution in [0.1, 0.15) is 25.0 Å². The van der Waals surface area contributed by atoms with Crippen LogP contribution in [0.3, 0.4) is 0 Å². The van der Waals surface area contributed by atoms with Crippen LogP contribution in [0, 0.1) is 0 Å². The van der Waals surface area contributed by atoms with Crippen LogP contribution in [0.4, 0.5) is 0 Å². The van der Waals surface area contributed by atoms with E-state index >= 15 is 0 Å². The summed E-state index contributed by atoms with van der Waals surface area (Å²) < 4.78 is 11.0. The highest BCUT2D eigenvalue weighted by molar-refractivity contribution is 6.61. The van der Waals surface area contributed by atoms with Crippen molar-refractivity contribution < 1.29 is 14.4 Å². The van der Waals surface area contributed by atoms with E-state index in [0.29, 0.717) is 12.6 Å². The van der Waals surface area contributed by atoms with Gasteiger partial charge in [0.05, 0.1) is 6.61 Å². The Hall–Kier alpha value is -1.82. The minimum Gasteiger partial charge on any atom is -0.457 e. The molecule has 1 aliphatic rings. The summed E-state index contributed by atoms with van der Waals surface area (Å²) in [7, 11) is -0.809. The maximum absolute atomic E-state index is 9.61. The summed E-state index contributed by atoms with van der Waals surface area (Å²) >= 11 is 0. The lowest BCUT2D eigenvalue weighted by atomic mass is 9.80. The number of hydrogen-bond acceptors (Lipinski definition) is 4. The standard InChI is InChI=1S/C17H20BNO3/c1-12(2)19-10-13-3-5-15(6-4-13)22-16-7-8-17-14(9-16)11-21-18(17)20/h3-9,12,19-20H,10-11H2,1-2H3. The molecule has 0 bridgehead atoms. The molecule has 0 saturated carbocycles. The van der Waals surface area contributed by atoms with Crippen molar-refractivity contribution in [3.8, 4) is 11.5 Å². The van der Waals surface area contributed by atoms with Crippen LogP contribution in [-0.4, -0.2) is 18.2 Å². The third kappa shape index (κ3) is 3.50. The van der Waals surface area contributed by atoms with Gasteiger partial charge in [0.1, 0.15) is 11.5 Å². The molecule has 0 radical (unpaired) electrons. The third-order valence-corrected chi connectivity index (χ3v) is 3.65. The fourth-order valence-electron chi connectivity index (χ4n) is 2.40. The van der Waals surface area contributed by atoms with Gasteiger partial charge in [-0.05, 0) is 40.9 Å². The first kappa shape index (κ1) is 15.1. The van der Waals surface area contributed by atoms with Crippen molar-refractivity contribution in [2.75, 3.05) is 0 Å². The average molecular weight is 297 g/mol. The van der Waals surface area contributed by atoms with E-state index in [9.17, 15) is 5.02 Å². The number of ether oxygens (including phenoxy) is 1. The number of rotatable bonds is 5. The van der Waals surface area contributed by atoms with E-state index in [4.69, 9.17) is 9.39 Å². The van der Waals surface area contributed by atoms with Crippen molar-refractivity contribution >= 4 is 12.6 Å². The van der Waals surface area contributed by atoms with Gasteiger partial charge in [0.15, 0.2) is 0 Å². The predicted molar refractivity (Wildman–Crippen MR) is 87.3 cm³/mol. The second-order valence-electron chi connectivity index (χ2n) is 5.81. The largest absolute Gasteiger partial charge is 0.491 e. The van der Waals surface area contributed by atoms with Crippen molar-refractivity contribution in [2.45, 2.75) is 33.0 Å². The molecule has 0 aliphatic carbocycles. The minimum absolute atomic E-state index is 0.424. The molecule has 4 nitrogen and oxygen atoms in total. The van der Waals surface area contributed by atoms with Crippen molar-refractivity contribution in [3.63, 3.8) is 0 Å². The molecule has 0 unspecified atom stereocenters. The Morgan fingerprint density at radius 3 is 2.64 bits per heavy atom. The zero-order valence-corrected chi connectivity index (χ0v) is 12.9. The molecule has 1 aliphatic heterocycles. The molecule has 2 N–H and O–H groups in total. The Morgan fingerprint density at radius 2 is 1.91 bits per heavy atom. The van der Waals surface area contributed by atoms with Crippen molar-refractivity contribution in [2.24, 2.45) is 0 Å². The van der Waals surface area contributed by atoms with E-state index in [1.807, 2.05) is 30.3 Å². The van der Waals surface area contributed by atoms with Crippen molar-refractivity contribution in [1.29, 1.82) is 0 Å². The molecule has 0 saturated heterocycles. The monoisotopic (exact) mass is 297 g/mol. The van der Waals surface area contributed by atoms with Gasteiger partial charge in [0.25, 0.3) is 0 Å². The van der Waals surface area contributed by atoms with E-state index in [1.54, 1.807) is 0 Å². The molecule has 2 aromatic rings. The molecule has 0 aromatic heterocycles. The van der Waals surface area contributed by atoms with Crippen LogP contribution in [-0.2, 0) is 17.8 Å². The normalized spacial score (nSPS) is 13.5. The highest BCUT2D eigenvalue weighted by Crippen LogP contribution is 2.24. The summed E-state index contributed by atoms with van der Waals surface area (Å²) in [6, 6.07) is 14.1. The second kappa shape index (κ2) is 6.52. The topological polar surface area (TPSA) is 50.7 Å². The maximum Gasteiger partial charge on any atom is 0.491 e. The Labute approximate surface area is 131 Å². The van der Waals surface area contributed by atoms with Gasteiger partial charge >= 0.3 is 7.12 Å². The van der Waals surface area contributed by atoms with Crippen molar-refractivity contribution in [1.82, 2.24) is 5.32 Å². The molecule has 22 heavy (non-hydrogen) atoms. The quantitative estimate of drug-likeness (QED) is 0.831. The van der Waals surface area contributed by atoms with Gasteiger partial charge in [-0.25, -0.2) is 0 Å². The highest BCUT2D eigenvalue weighted by atomic mass is 16.5. The zero-order chi connectivity index (χ0) is 15.5. The van der Waals surface area contributed by atoms with Crippen LogP contribution in [0.2, 0.25) is 0 Å². The van der Waals surface area contributed by atoms with E-state index in [0.717, 1.165) is 29.1 Å². The van der Waals surface area contributed by atoms with Crippen LogP contribution in [0.5, 0.6) is 11.5 Å². The first-order chi connectivity index (χ1) is 10.6. The summed E-state index contributed by atoms with van der Waals surface area (Å²) in [6.07, 6.45) is 0. The van der Waals surface area contributed by atoms with Crippen LogP contribution < -0.4 is 15.5 Å². The van der Waals surface area contributed by atoms with Gasteiger partial charge in [0, 0.05) is 12.6 Å². The summed E-state index contributed by atoms with van der Waals surface area (Å²) in [5, 5.41) is 13.0. The summed E-state index contributed by atoms with van der Waals surface area (Å²) in [4.78, 5) is 0. The molecular formula is C17H20BNO3. The van der Waals surface area contributed by atoms with E-state index in [1.165, 1.54) is 5.56 Å². The number of hydrogen-bond donors (Lipinski definition) is 2. The zero-order valence-electron chi connectivity index (χ0n) is 12.9. The Kier molecular flexibility index (Phi) is 4.48. The second-order valence-corrected chi connectivity index (χ2v) is 5.81. The molecule has 0 spiro atoms. The number of fused-ring (bicyclic) bond motifs is 1. The molecule has 0 atom stereocenters. The molecule has 1 heterocycles. The molecule has 5 heteroatoms. The SMILES string of the molecule is CC(C)NCc1ccc(Oc2ccc3c(c2)COB3O)cc1. The summed E-state index contributed by atoms with van der Waals surface area (Å²) in [6.45, 7) is 5.54. The van der Waals surface area contributed by atoms with Gasteiger partial charge < -0.3 is 19.7 Å². The summed E-state index contributed by atoms with van der Waals surface area (Å²) in [5.74, 6) is 1.55. The molecule has 2 aromatic carbocycles. The van der Waals surface area contributed by atoms with Crippen LogP contribution in [0.25, 0.3) is 0 Å². The number of benzene rings is 2. The minimum atomic E-state index is -0.809. The van der Waals surface area contributed by atoms with Gasteiger partial charge in [-0.15, -0.1) is 0 Å². The van der Waals surface area contributed by atoms with Gasteiger partial charge in [-0.3, -0.25) is 0 Å². The van der Waals surface area contributed by atoms with Gasteiger partial charge in [-0.1, -0.05) is 32.0 Å². The molecule has 114 valence electrons. The molecule has 3 rings (SSSR count). The van der Waals surface area contributed by atoms with Crippen molar-refractivity contribution in [3.05, 3.63) is 53.6 Å². The Bertz CT molecular complexity index is 643. The van der Waals surface area contributed by atoms with E-state index in [-0.39, 0.29) is 0 Å². The van der Waals surface area contributed by atoms with Gasteiger partial charge in [0.2, 0.25) is 0 Å². The van der Waals surface area contributed by atoms with E-state index in [2.05, 4.69) is 31.3 Å². The molecule has 0 fully saturated rings. The van der Waals surface area contributed by atoms with Gasteiger partial charge in [-0.2, -0.15) is 0 Å². The highest BCUT2D eigenvalue weighted by Gasteiger charge is 2.27. The third-order valence-electron chi connectivity index (χ3n) is 3.65. The molecular weight excluding hydrogens is 277 g/mol. The summed E-state index contributed by atoms with van der Waals surface area (Å²) in [5.41, 5.74) is 3.02. The Morgan fingerprint density at radius 1 is 1.18 bits per heavy atom. The fraction of sp³-hybridized carbons (Fsp3) is 0.294. The lowest BCUT2D eigenvalue weighted by Crippen LogP contribution is -2.27. The molecule has 0 amide bonds. The fourth-order valence-corrected chi connectivity index (χ4v) is 2.40. The first-order valence-electron chi connectivity index (χ1n) is 7.54. The lowest BCUT2D eigenvalue weighted by Gasteiger charge is -2.10. The smallest absolute Gasteiger partial charge is 0.457 e. The average Bonchev–Trinajstić information content (AvgIpc) is 2.87.